The number of rotatable bonds is 2. The molecule has 7 heteroatoms. The van der Waals surface area contributed by atoms with Gasteiger partial charge in [-0.15, -0.1) is 0 Å². The van der Waals surface area contributed by atoms with Crippen LogP contribution in [0.5, 0.6) is 0 Å². The average Bonchev–Trinajstić information content (AvgIpc) is 2.82. The maximum Gasteiger partial charge on any atom is 0.253 e. The molecule has 1 aromatic carbocycles. The highest BCUT2D eigenvalue weighted by atomic mass is 35.5. The summed E-state index contributed by atoms with van der Waals surface area (Å²) in [5.41, 5.74) is 8.19. The van der Waals surface area contributed by atoms with Crippen molar-refractivity contribution in [2.45, 2.75) is 20.3 Å². The molecule has 1 aliphatic heterocycles. The van der Waals surface area contributed by atoms with Crippen LogP contribution in [0.15, 0.2) is 24.3 Å². The summed E-state index contributed by atoms with van der Waals surface area (Å²) < 4.78 is 0. The summed E-state index contributed by atoms with van der Waals surface area (Å²) >= 11 is 6.06. The van der Waals surface area contributed by atoms with Gasteiger partial charge in [-0.2, -0.15) is 4.98 Å². The SMILES string of the molecule is Cc1cc(N2CCCN(C(=O)c3ccc(Cl)c(C)c3)CC2)nc(N)n1. The van der Waals surface area contributed by atoms with Crippen LogP contribution in [-0.4, -0.2) is 47.0 Å². The predicted molar refractivity (Wildman–Crippen MR) is 100 cm³/mol. The van der Waals surface area contributed by atoms with Crippen LogP contribution < -0.4 is 10.6 Å². The van der Waals surface area contributed by atoms with Crippen LogP contribution in [0, 0.1) is 13.8 Å². The van der Waals surface area contributed by atoms with Crippen molar-refractivity contribution in [2.75, 3.05) is 36.8 Å². The Morgan fingerprint density at radius 2 is 1.92 bits per heavy atom. The Hall–Kier alpha value is -2.34. The van der Waals surface area contributed by atoms with E-state index >= 15 is 0 Å². The monoisotopic (exact) mass is 359 g/mol. The second-order valence-corrected chi connectivity index (χ2v) is 6.73. The highest BCUT2D eigenvalue weighted by Crippen LogP contribution is 2.20. The first-order chi connectivity index (χ1) is 11.9. The maximum atomic E-state index is 12.8. The van der Waals surface area contributed by atoms with Gasteiger partial charge in [0.05, 0.1) is 0 Å². The quantitative estimate of drug-likeness (QED) is 0.892. The molecule has 1 amide bonds. The third-order valence-electron chi connectivity index (χ3n) is 4.37. The standard InChI is InChI=1S/C18H22ClN5O/c1-12-10-14(4-5-15(12)19)17(25)24-7-3-6-23(8-9-24)16-11-13(2)21-18(20)22-16/h4-5,10-11H,3,6-9H2,1-2H3,(H2,20,21,22). The van der Waals surface area contributed by atoms with Crippen LogP contribution >= 0.6 is 11.6 Å². The van der Waals surface area contributed by atoms with Crippen LogP contribution in [-0.2, 0) is 0 Å². The van der Waals surface area contributed by atoms with Crippen molar-refractivity contribution >= 4 is 29.3 Å². The minimum Gasteiger partial charge on any atom is -0.368 e. The lowest BCUT2D eigenvalue weighted by atomic mass is 10.1. The summed E-state index contributed by atoms with van der Waals surface area (Å²) in [5.74, 6) is 1.14. The molecule has 2 aromatic rings. The molecule has 0 saturated carbocycles. The number of aromatic nitrogens is 2. The first-order valence-electron chi connectivity index (χ1n) is 8.35. The summed E-state index contributed by atoms with van der Waals surface area (Å²) in [6, 6.07) is 7.34. The van der Waals surface area contributed by atoms with Crippen LogP contribution in [0.3, 0.4) is 0 Å². The molecule has 2 heterocycles. The van der Waals surface area contributed by atoms with Crippen molar-refractivity contribution in [1.82, 2.24) is 14.9 Å². The van der Waals surface area contributed by atoms with Crippen molar-refractivity contribution in [2.24, 2.45) is 0 Å². The van der Waals surface area contributed by atoms with Crippen molar-refractivity contribution in [3.05, 3.63) is 46.1 Å². The third kappa shape index (κ3) is 4.02. The summed E-state index contributed by atoms with van der Waals surface area (Å²) in [5, 5.41) is 0.676. The lowest BCUT2D eigenvalue weighted by molar-refractivity contribution is 0.0767. The Morgan fingerprint density at radius 3 is 2.64 bits per heavy atom. The summed E-state index contributed by atoms with van der Waals surface area (Å²) in [4.78, 5) is 25.3. The molecule has 3 rings (SSSR count). The molecule has 132 valence electrons. The number of halogens is 1. The molecule has 1 aromatic heterocycles. The van der Waals surface area contributed by atoms with Gasteiger partial charge >= 0.3 is 0 Å². The number of nitrogens with zero attached hydrogens (tertiary/aromatic N) is 4. The van der Waals surface area contributed by atoms with E-state index in [1.807, 2.05) is 30.9 Å². The molecule has 25 heavy (non-hydrogen) atoms. The number of hydrogen-bond acceptors (Lipinski definition) is 5. The minimum atomic E-state index is 0.0417. The summed E-state index contributed by atoms with van der Waals surface area (Å²) in [6.07, 6.45) is 0.876. The Bertz CT molecular complexity index is 775. The number of carbonyl (C=O) groups is 1. The lowest BCUT2D eigenvalue weighted by Crippen LogP contribution is -2.35. The molecule has 0 bridgehead atoms. The number of amides is 1. The fourth-order valence-electron chi connectivity index (χ4n) is 3.05. The fourth-order valence-corrected chi connectivity index (χ4v) is 3.16. The van der Waals surface area contributed by atoms with Gasteiger partial charge in [-0.1, -0.05) is 11.6 Å². The van der Waals surface area contributed by atoms with Crippen LogP contribution in [0.25, 0.3) is 0 Å². The van der Waals surface area contributed by atoms with Gasteiger partial charge in [-0.05, 0) is 44.0 Å². The molecular formula is C18H22ClN5O. The van der Waals surface area contributed by atoms with Crippen molar-refractivity contribution in [3.8, 4) is 0 Å². The number of carbonyl (C=O) groups excluding carboxylic acids is 1. The molecule has 6 nitrogen and oxygen atoms in total. The topological polar surface area (TPSA) is 75.3 Å². The summed E-state index contributed by atoms with van der Waals surface area (Å²) in [6.45, 7) is 6.72. The molecule has 2 N–H and O–H groups in total. The average molecular weight is 360 g/mol. The van der Waals surface area contributed by atoms with Gasteiger partial charge in [0.25, 0.3) is 5.91 Å². The number of aryl methyl sites for hydroxylation is 2. The molecule has 0 atom stereocenters. The third-order valence-corrected chi connectivity index (χ3v) is 4.79. The van der Waals surface area contributed by atoms with Gasteiger partial charge < -0.3 is 15.5 Å². The fraction of sp³-hybridized carbons (Fsp3) is 0.389. The van der Waals surface area contributed by atoms with Gasteiger partial charge in [-0.3, -0.25) is 4.79 Å². The largest absolute Gasteiger partial charge is 0.368 e. The number of nitrogen functional groups attached to an aromatic ring is 1. The highest BCUT2D eigenvalue weighted by Gasteiger charge is 2.21. The van der Waals surface area contributed by atoms with E-state index in [2.05, 4.69) is 14.9 Å². The lowest BCUT2D eigenvalue weighted by Gasteiger charge is -2.23. The Labute approximate surface area is 152 Å². The van der Waals surface area contributed by atoms with E-state index in [0.29, 0.717) is 23.7 Å². The minimum absolute atomic E-state index is 0.0417. The van der Waals surface area contributed by atoms with Crippen LogP contribution in [0.2, 0.25) is 5.02 Å². The van der Waals surface area contributed by atoms with Gasteiger partial charge in [-0.25, -0.2) is 4.98 Å². The smallest absolute Gasteiger partial charge is 0.253 e. The molecule has 1 saturated heterocycles. The maximum absolute atomic E-state index is 12.8. The van der Waals surface area contributed by atoms with E-state index < -0.39 is 0 Å². The Morgan fingerprint density at radius 1 is 1.12 bits per heavy atom. The molecule has 0 spiro atoms. The van der Waals surface area contributed by atoms with E-state index in [1.54, 1.807) is 12.1 Å². The van der Waals surface area contributed by atoms with E-state index in [9.17, 15) is 4.79 Å². The Balaban J connectivity index is 1.72. The second-order valence-electron chi connectivity index (χ2n) is 6.32. The van der Waals surface area contributed by atoms with Gasteiger partial charge in [0.2, 0.25) is 5.95 Å². The van der Waals surface area contributed by atoms with Crippen LogP contribution in [0.4, 0.5) is 11.8 Å². The normalized spacial score (nSPS) is 15.2. The second kappa shape index (κ2) is 7.27. The number of nitrogens with two attached hydrogens (primary N) is 1. The first-order valence-corrected chi connectivity index (χ1v) is 8.73. The van der Waals surface area contributed by atoms with Gasteiger partial charge in [0.1, 0.15) is 5.82 Å². The number of anilines is 2. The van der Waals surface area contributed by atoms with Gasteiger partial charge in [0, 0.05) is 48.5 Å². The molecule has 1 aliphatic rings. The zero-order valence-corrected chi connectivity index (χ0v) is 15.3. The molecule has 0 unspecified atom stereocenters. The summed E-state index contributed by atoms with van der Waals surface area (Å²) in [7, 11) is 0. The zero-order chi connectivity index (χ0) is 18.0. The van der Waals surface area contributed by atoms with Crippen molar-refractivity contribution in [3.63, 3.8) is 0 Å². The predicted octanol–water partition coefficient (Wildman–Crippen LogP) is 2.68. The van der Waals surface area contributed by atoms with Crippen molar-refractivity contribution < 1.29 is 4.79 Å². The van der Waals surface area contributed by atoms with E-state index in [1.165, 1.54) is 0 Å². The Kier molecular flexibility index (Phi) is 5.08. The van der Waals surface area contributed by atoms with Gasteiger partial charge in [0.15, 0.2) is 0 Å². The number of hydrogen-bond donors (Lipinski definition) is 1. The van der Waals surface area contributed by atoms with Crippen LogP contribution in [0.1, 0.15) is 28.0 Å². The van der Waals surface area contributed by atoms with Crippen molar-refractivity contribution in [1.29, 1.82) is 0 Å². The number of benzene rings is 1. The zero-order valence-electron chi connectivity index (χ0n) is 14.5. The molecule has 1 fully saturated rings. The van der Waals surface area contributed by atoms with E-state index in [4.69, 9.17) is 17.3 Å². The van der Waals surface area contributed by atoms with E-state index in [-0.39, 0.29) is 11.9 Å². The first kappa shape index (κ1) is 17.5. The van der Waals surface area contributed by atoms with E-state index in [0.717, 1.165) is 36.6 Å². The molecule has 0 radical (unpaired) electrons. The highest BCUT2D eigenvalue weighted by molar-refractivity contribution is 6.31. The molecule has 0 aliphatic carbocycles. The molecular weight excluding hydrogens is 338 g/mol.